The number of hydrogen-bond donors (Lipinski definition) is 3. The van der Waals surface area contributed by atoms with Crippen LogP contribution in [0.2, 0.25) is 0 Å². The van der Waals surface area contributed by atoms with Crippen LogP contribution in [0.15, 0.2) is 103 Å². The Labute approximate surface area is 325 Å². The van der Waals surface area contributed by atoms with Gasteiger partial charge in [0.1, 0.15) is 5.54 Å². The van der Waals surface area contributed by atoms with Crippen LogP contribution in [0.1, 0.15) is 54.4 Å². The lowest BCUT2D eigenvalue weighted by Gasteiger charge is -2.46. The Morgan fingerprint density at radius 1 is 0.906 bits per heavy atom. The van der Waals surface area contributed by atoms with E-state index in [0.717, 1.165) is 65.0 Å². The number of halogens is 3. The standard InChI is InChI=1S/C41H43Cl3N4O5/c1-27-35(24-47-21-19-40(20-22-47)38(50)46-26-48(40)33-8-3-2-4-9-33)52-37(53-36(27)30-13-11-28(25-49)12-14-30)31-17-15-29(16-18-31)34-10-6-5-7-32(34)23-45-39(51)41(42,43)44/h2-18,27,35-37,49H,19-26H2,1H3,(H,45,51)(H,46,50)/t27-,35+,36+,37+/m0/s1. The summed E-state index contributed by atoms with van der Waals surface area (Å²) in [6.45, 7) is 5.07. The van der Waals surface area contributed by atoms with Gasteiger partial charge >= 0.3 is 0 Å². The summed E-state index contributed by atoms with van der Waals surface area (Å²) in [4.78, 5) is 30.2. The molecule has 0 aliphatic carbocycles. The molecule has 0 aromatic heterocycles. The summed E-state index contributed by atoms with van der Waals surface area (Å²) in [5, 5.41) is 15.5. The van der Waals surface area contributed by atoms with Gasteiger partial charge < -0.3 is 35.0 Å². The first kappa shape index (κ1) is 37.6. The Hall–Kier alpha value is -3.67. The third-order valence-electron chi connectivity index (χ3n) is 10.9. The van der Waals surface area contributed by atoms with Crippen LogP contribution in [-0.2, 0) is 32.2 Å². The maximum absolute atomic E-state index is 13.3. The monoisotopic (exact) mass is 776 g/mol. The highest BCUT2D eigenvalue weighted by atomic mass is 35.6. The average Bonchev–Trinajstić information content (AvgIpc) is 3.49. The van der Waals surface area contributed by atoms with E-state index in [2.05, 4.69) is 39.5 Å². The molecule has 12 heteroatoms. The summed E-state index contributed by atoms with van der Waals surface area (Å²) in [5.74, 6) is -0.570. The van der Waals surface area contributed by atoms with Crippen LogP contribution in [0.4, 0.5) is 5.69 Å². The SMILES string of the molecule is C[C@H]1[C@@H](CN2CCC3(CC2)C(=O)NCN3c2ccccc2)O[C@@H](c2ccc(-c3ccccc3CNC(=O)C(Cl)(Cl)Cl)cc2)O[C@H]1c1ccc(CO)cc1. The van der Waals surface area contributed by atoms with Gasteiger partial charge in [0.15, 0.2) is 6.29 Å². The van der Waals surface area contributed by atoms with Crippen LogP contribution in [0.3, 0.4) is 0 Å². The van der Waals surface area contributed by atoms with Crippen molar-refractivity contribution in [3.63, 3.8) is 0 Å². The number of carbonyl (C=O) groups excluding carboxylic acids is 2. The molecule has 9 nitrogen and oxygen atoms in total. The molecule has 3 aliphatic heterocycles. The second-order valence-electron chi connectivity index (χ2n) is 14.0. The minimum Gasteiger partial charge on any atom is -0.392 e. The molecule has 4 atom stereocenters. The number of rotatable bonds is 9. The second-order valence-corrected chi connectivity index (χ2v) is 16.3. The maximum atomic E-state index is 13.3. The van der Waals surface area contributed by atoms with E-state index in [1.165, 1.54) is 0 Å². The van der Waals surface area contributed by atoms with Crippen molar-refractivity contribution in [2.75, 3.05) is 31.2 Å². The molecule has 3 N–H and O–H groups in total. The molecule has 0 bridgehead atoms. The Morgan fingerprint density at radius 3 is 2.25 bits per heavy atom. The molecule has 2 amide bonds. The predicted molar refractivity (Wildman–Crippen MR) is 207 cm³/mol. The number of nitrogens with zero attached hydrogens (tertiary/aromatic N) is 2. The maximum Gasteiger partial charge on any atom is 0.272 e. The average molecular weight is 778 g/mol. The molecule has 0 saturated carbocycles. The van der Waals surface area contributed by atoms with E-state index in [4.69, 9.17) is 44.3 Å². The van der Waals surface area contributed by atoms with Gasteiger partial charge in [0, 0.05) is 43.3 Å². The zero-order chi connectivity index (χ0) is 37.2. The molecule has 0 radical (unpaired) electrons. The fourth-order valence-electron chi connectivity index (χ4n) is 7.77. The van der Waals surface area contributed by atoms with Crippen molar-refractivity contribution < 1.29 is 24.2 Å². The van der Waals surface area contributed by atoms with Gasteiger partial charge in [0.2, 0.25) is 5.91 Å². The highest BCUT2D eigenvalue weighted by Gasteiger charge is 2.51. The van der Waals surface area contributed by atoms with Gasteiger partial charge in [-0.15, -0.1) is 0 Å². The van der Waals surface area contributed by atoms with Crippen molar-refractivity contribution in [3.05, 3.63) is 125 Å². The predicted octanol–water partition coefficient (Wildman–Crippen LogP) is 7.05. The zero-order valence-electron chi connectivity index (χ0n) is 29.4. The Balaban J connectivity index is 1.09. The van der Waals surface area contributed by atoms with Gasteiger partial charge in [-0.1, -0.05) is 133 Å². The van der Waals surface area contributed by atoms with E-state index >= 15 is 0 Å². The number of nitrogens with one attached hydrogen (secondary N) is 2. The minimum atomic E-state index is -2.04. The van der Waals surface area contributed by atoms with Crippen molar-refractivity contribution in [1.82, 2.24) is 15.5 Å². The molecule has 1 spiro atoms. The summed E-state index contributed by atoms with van der Waals surface area (Å²) >= 11 is 17.3. The highest BCUT2D eigenvalue weighted by Crippen LogP contribution is 2.43. The summed E-state index contributed by atoms with van der Waals surface area (Å²) in [7, 11) is 0. The number of likely N-dealkylation sites (tertiary alicyclic amines) is 1. The first-order chi connectivity index (χ1) is 25.6. The lowest BCUT2D eigenvalue weighted by atomic mass is 9.84. The number of para-hydroxylation sites is 1. The number of ether oxygens (including phenoxy) is 2. The lowest BCUT2D eigenvalue weighted by molar-refractivity contribution is -0.276. The van der Waals surface area contributed by atoms with E-state index in [-0.39, 0.29) is 37.2 Å². The van der Waals surface area contributed by atoms with Crippen molar-refractivity contribution >= 4 is 52.3 Å². The number of anilines is 1. The van der Waals surface area contributed by atoms with E-state index in [9.17, 15) is 14.7 Å². The van der Waals surface area contributed by atoms with Crippen LogP contribution in [-0.4, -0.2) is 63.6 Å². The molecule has 7 rings (SSSR count). The van der Waals surface area contributed by atoms with Crippen LogP contribution in [0.5, 0.6) is 0 Å². The normalized spacial score (nSPS) is 23.2. The second kappa shape index (κ2) is 16.0. The zero-order valence-corrected chi connectivity index (χ0v) is 31.7. The number of amides is 2. The lowest BCUT2D eigenvalue weighted by Crippen LogP contribution is -2.57. The van der Waals surface area contributed by atoms with Gasteiger partial charge in [0.25, 0.3) is 9.70 Å². The van der Waals surface area contributed by atoms with E-state index in [1.807, 2.05) is 91.0 Å². The summed E-state index contributed by atoms with van der Waals surface area (Å²) in [5.41, 5.74) is 6.00. The van der Waals surface area contributed by atoms with E-state index in [1.54, 1.807) is 0 Å². The fraction of sp³-hybridized carbons (Fsp3) is 0.366. The summed E-state index contributed by atoms with van der Waals surface area (Å²) < 4.78 is 11.5. The number of carbonyl (C=O) groups is 2. The fourth-order valence-corrected chi connectivity index (χ4v) is 7.97. The third-order valence-corrected chi connectivity index (χ3v) is 11.4. The molecule has 3 saturated heterocycles. The van der Waals surface area contributed by atoms with Gasteiger partial charge in [-0.2, -0.15) is 0 Å². The number of benzene rings is 4. The smallest absolute Gasteiger partial charge is 0.272 e. The topological polar surface area (TPSA) is 103 Å². The number of hydrogen-bond acceptors (Lipinski definition) is 7. The van der Waals surface area contributed by atoms with Crippen LogP contribution in [0.25, 0.3) is 11.1 Å². The molecule has 3 fully saturated rings. The molecule has 3 heterocycles. The molecule has 3 aliphatic rings. The van der Waals surface area contributed by atoms with Gasteiger partial charge in [-0.25, -0.2) is 0 Å². The summed E-state index contributed by atoms with van der Waals surface area (Å²) in [6, 6.07) is 33.9. The van der Waals surface area contributed by atoms with Crippen molar-refractivity contribution in [3.8, 4) is 11.1 Å². The van der Waals surface area contributed by atoms with E-state index in [0.29, 0.717) is 13.2 Å². The van der Waals surface area contributed by atoms with Crippen LogP contribution >= 0.6 is 34.8 Å². The van der Waals surface area contributed by atoms with Gasteiger partial charge in [-0.05, 0) is 52.8 Å². The van der Waals surface area contributed by atoms with Crippen molar-refractivity contribution in [1.29, 1.82) is 0 Å². The van der Waals surface area contributed by atoms with Crippen molar-refractivity contribution in [2.45, 2.75) is 60.7 Å². The van der Waals surface area contributed by atoms with E-state index < -0.39 is 21.5 Å². The molecular formula is C41H43Cl3N4O5. The highest BCUT2D eigenvalue weighted by molar-refractivity contribution is 6.76. The number of alkyl halides is 3. The van der Waals surface area contributed by atoms with Gasteiger partial charge in [-0.3, -0.25) is 9.59 Å². The van der Waals surface area contributed by atoms with Crippen LogP contribution in [0, 0.1) is 5.92 Å². The quantitative estimate of drug-likeness (QED) is 0.157. The van der Waals surface area contributed by atoms with Crippen LogP contribution < -0.4 is 15.5 Å². The number of aliphatic hydroxyl groups is 1. The number of piperidine rings is 1. The molecule has 53 heavy (non-hydrogen) atoms. The minimum absolute atomic E-state index is 0.0202. The first-order valence-electron chi connectivity index (χ1n) is 17.9. The van der Waals surface area contributed by atoms with Crippen molar-refractivity contribution in [2.24, 2.45) is 5.92 Å². The van der Waals surface area contributed by atoms with Gasteiger partial charge in [0.05, 0.1) is 25.5 Å². The molecular weight excluding hydrogens is 735 g/mol. The largest absolute Gasteiger partial charge is 0.392 e. The molecule has 0 unspecified atom stereocenters. The Morgan fingerprint density at radius 2 is 1.57 bits per heavy atom. The number of aliphatic hydroxyl groups excluding tert-OH is 1. The molecule has 278 valence electrons. The Bertz CT molecular complexity index is 1880. The molecule has 4 aromatic rings. The first-order valence-corrected chi connectivity index (χ1v) is 19.1. The summed E-state index contributed by atoms with van der Waals surface area (Å²) in [6.07, 6.45) is 0.404. The Kier molecular flexibility index (Phi) is 11.3. The third kappa shape index (κ3) is 8.08. The molecule has 4 aromatic carbocycles.